The maximum absolute atomic E-state index is 13.6. The molecule has 0 saturated carbocycles. The van der Waals surface area contributed by atoms with Crippen molar-refractivity contribution in [3.63, 3.8) is 0 Å². The number of hydrogen-bond donors (Lipinski definition) is 2. The Hall–Kier alpha value is -2.43. The van der Waals surface area contributed by atoms with Crippen LogP contribution in [0.4, 0.5) is 31.1 Å². The zero-order chi connectivity index (χ0) is 25.7. The summed E-state index contributed by atoms with van der Waals surface area (Å²) in [5.74, 6) is -2.66. The Balaban J connectivity index is 2.07. The lowest BCUT2D eigenvalue weighted by Crippen LogP contribution is -2.42. The van der Waals surface area contributed by atoms with Gasteiger partial charge in [0.2, 0.25) is 0 Å². The van der Waals surface area contributed by atoms with E-state index in [1.807, 2.05) is 5.32 Å². The topological polar surface area (TPSA) is 58.2 Å². The number of benzene rings is 2. The number of ketones is 1. The molecule has 2 aromatic rings. The summed E-state index contributed by atoms with van der Waals surface area (Å²) >= 11 is 17.5. The second-order valence-electron chi connectivity index (χ2n) is 6.87. The van der Waals surface area contributed by atoms with E-state index in [0.29, 0.717) is 5.56 Å². The molecule has 4 nitrogen and oxygen atoms in total. The molecule has 13 heteroatoms. The van der Waals surface area contributed by atoms with E-state index in [1.54, 1.807) is 5.32 Å². The summed E-state index contributed by atoms with van der Waals surface area (Å²) in [4.78, 5) is 23.4. The van der Waals surface area contributed by atoms with Gasteiger partial charge in [0.25, 0.3) is 0 Å². The number of carbonyl (C=O) groups is 2. The van der Waals surface area contributed by atoms with Gasteiger partial charge < -0.3 is 10.6 Å². The third-order valence-electron chi connectivity index (χ3n) is 4.29. The first-order chi connectivity index (χ1) is 15.7. The molecule has 0 aliphatic heterocycles. The van der Waals surface area contributed by atoms with E-state index in [0.717, 1.165) is 18.2 Å². The molecule has 0 radical (unpaired) electrons. The highest BCUT2D eigenvalue weighted by molar-refractivity contribution is 6.48. The number of Topliss-reactive ketones (excluding diaryl/α,β-unsaturated/α-hetero) is 1. The maximum Gasteiger partial charge on any atom is 0.405 e. The van der Waals surface area contributed by atoms with Crippen LogP contribution in [0.1, 0.15) is 27.4 Å². The fourth-order valence-corrected chi connectivity index (χ4v) is 3.27. The minimum Gasteiger partial charge on any atom is -0.331 e. The van der Waals surface area contributed by atoms with Gasteiger partial charge in [-0.2, -0.15) is 26.3 Å². The number of halogens is 9. The Bertz CT molecular complexity index is 1050. The van der Waals surface area contributed by atoms with Crippen molar-refractivity contribution in [2.24, 2.45) is 0 Å². The van der Waals surface area contributed by atoms with Crippen molar-refractivity contribution in [2.75, 3.05) is 13.1 Å². The first-order valence-corrected chi connectivity index (χ1v) is 10.4. The highest BCUT2D eigenvalue weighted by atomic mass is 35.5. The van der Waals surface area contributed by atoms with E-state index >= 15 is 0 Å². The van der Waals surface area contributed by atoms with E-state index in [-0.39, 0.29) is 26.2 Å². The SMILES string of the molecule is O=C(NCC(=O)c1ccc(/C=C/C(c2cc(Cl)c(Cl)c(Cl)c2)C(F)(F)F)cc1)NCC(F)(F)F. The van der Waals surface area contributed by atoms with Crippen LogP contribution in [-0.4, -0.2) is 37.3 Å². The zero-order valence-electron chi connectivity index (χ0n) is 16.8. The van der Waals surface area contributed by atoms with Crippen LogP contribution in [0.15, 0.2) is 42.5 Å². The van der Waals surface area contributed by atoms with E-state index in [9.17, 15) is 35.9 Å². The molecule has 2 N–H and O–H groups in total. The lowest BCUT2D eigenvalue weighted by atomic mass is 9.97. The van der Waals surface area contributed by atoms with Gasteiger partial charge in [-0.15, -0.1) is 0 Å². The van der Waals surface area contributed by atoms with Crippen LogP contribution in [0.2, 0.25) is 15.1 Å². The molecule has 0 spiro atoms. The second kappa shape index (κ2) is 11.3. The van der Waals surface area contributed by atoms with Crippen LogP contribution >= 0.6 is 34.8 Å². The predicted molar refractivity (Wildman–Crippen MR) is 118 cm³/mol. The molecule has 0 aromatic heterocycles. The molecule has 0 aliphatic rings. The van der Waals surface area contributed by atoms with Crippen LogP contribution in [0.5, 0.6) is 0 Å². The van der Waals surface area contributed by atoms with Gasteiger partial charge in [-0.25, -0.2) is 4.79 Å². The van der Waals surface area contributed by atoms with Crippen molar-refractivity contribution in [1.29, 1.82) is 0 Å². The van der Waals surface area contributed by atoms with Gasteiger partial charge in [0.05, 0.1) is 27.5 Å². The van der Waals surface area contributed by atoms with Gasteiger partial charge in [0, 0.05) is 5.56 Å². The Kier molecular flexibility index (Phi) is 9.27. The smallest absolute Gasteiger partial charge is 0.331 e. The molecule has 2 rings (SSSR count). The summed E-state index contributed by atoms with van der Waals surface area (Å²) in [5, 5.41) is 3.21. The van der Waals surface area contributed by atoms with E-state index in [2.05, 4.69) is 0 Å². The fraction of sp³-hybridized carbons (Fsp3) is 0.238. The number of alkyl halides is 6. The molecule has 2 aromatic carbocycles. The average Bonchev–Trinajstić information content (AvgIpc) is 2.73. The van der Waals surface area contributed by atoms with Gasteiger partial charge in [-0.3, -0.25) is 4.79 Å². The van der Waals surface area contributed by atoms with Crippen LogP contribution in [-0.2, 0) is 0 Å². The molecule has 0 fully saturated rings. The maximum atomic E-state index is 13.6. The number of carbonyl (C=O) groups excluding carboxylic acids is 2. The van der Waals surface area contributed by atoms with Crippen molar-refractivity contribution in [3.05, 3.63) is 74.2 Å². The molecule has 0 aliphatic carbocycles. The largest absolute Gasteiger partial charge is 0.405 e. The van der Waals surface area contributed by atoms with Crippen molar-refractivity contribution in [3.8, 4) is 0 Å². The van der Waals surface area contributed by atoms with Crippen LogP contribution in [0.3, 0.4) is 0 Å². The summed E-state index contributed by atoms with van der Waals surface area (Å²) in [6.45, 7) is -2.13. The highest BCUT2D eigenvalue weighted by Crippen LogP contribution is 2.41. The van der Waals surface area contributed by atoms with Crippen LogP contribution in [0.25, 0.3) is 6.08 Å². The first-order valence-electron chi connectivity index (χ1n) is 9.28. The Morgan fingerprint density at radius 1 is 0.912 bits per heavy atom. The summed E-state index contributed by atoms with van der Waals surface area (Å²) < 4.78 is 76.9. The Labute approximate surface area is 204 Å². The molecule has 0 heterocycles. The quantitative estimate of drug-likeness (QED) is 0.222. The lowest BCUT2D eigenvalue weighted by Gasteiger charge is -2.18. The highest BCUT2D eigenvalue weighted by Gasteiger charge is 2.39. The number of allylic oxidation sites excluding steroid dienone is 1. The Morgan fingerprint density at radius 2 is 1.47 bits per heavy atom. The van der Waals surface area contributed by atoms with Crippen molar-refractivity contribution in [2.45, 2.75) is 18.3 Å². The number of amides is 2. The van der Waals surface area contributed by atoms with Gasteiger partial charge in [-0.1, -0.05) is 71.2 Å². The number of rotatable bonds is 7. The standard InChI is InChI=1S/C21H15Cl3F6N2O2/c22-15-7-13(8-16(23)18(15)24)14(21(28,29)30)6-3-11-1-4-12(5-2-11)17(33)9-31-19(34)32-10-20(25,26)27/h1-8,14H,9-10H2,(H2,31,32,34)/b6-3+. The molecule has 0 bridgehead atoms. The third-order valence-corrected chi connectivity index (χ3v) is 5.49. The minimum atomic E-state index is -4.66. The van der Waals surface area contributed by atoms with Crippen molar-refractivity contribution in [1.82, 2.24) is 10.6 Å². The second-order valence-corrected chi connectivity index (χ2v) is 8.07. The molecule has 0 saturated heterocycles. The van der Waals surface area contributed by atoms with Gasteiger partial charge in [0.1, 0.15) is 6.54 Å². The summed E-state index contributed by atoms with van der Waals surface area (Å²) in [6, 6.07) is 6.29. The molecule has 1 atom stereocenters. The number of hydrogen-bond acceptors (Lipinski definition) is 2. The van der Waals surface area contributed by atoms with Gasteiger partial charge in [0.15, 0.2) is 5.78 Å². The van der Waals surface area contributed by atoms with Crippen molar-refractivity contribution >= 4 is 52.7 Å². The van der Waals surface area contributed by atoms with E-state index in [4.69, 9.17) is 34.8 Å². The molecule has 2 amide bonds. The third kappa shape index (κ3) is 8.41. The summed E-state index contributed by atoms with van der Waals surface area (Å²) in [6.07, 6.45) is -7.18. The van der Waals surface area contributed by atoms with Crippen molar-refractivity contribution < 1.29 is 35.9 Å². The molecular weight excluding hydrogens is 533 g/mol. The predicted octanol–water partition coefficient (Wildman–Crippen LogP) is 7.05. The minimum absolute atomic E-state index is 0.0652. The molecular formula is C21H15Cl3F6N2O2. The summed E-state index contributed by atoms with van der Waals surface area (Å²) in [5.41, 5.74) is 0.203. The molecule has 184 valence electrons. The van der Waals surface area contributed by atoms with Crippen LogP contribution < -0.4 is 10.6 Å². The normalized spacial score (nSPS) is 13.1. The number of urea groups is 1. The zero-order valence-corrected chi connectivity index (χ0v) is 19.1. The summed E-state index contributed by atoms with van der Waals surface area (Å²) in [7, 11) is 0. The molecule has 34 heavy (non-hydrogen) atoms. The van der Waals surface area contributed by atoms with Gasteiger partial charge >= 0.3 is 18.4 Å². The monoisotopic (exact) mass is 546 g/mol. The average molecular weight is 548 g/mol. The first kappa shape index (κ1) is 27.8. The van der Waals surface area contributed by atoms with Crippen LogP contribution in [0, 0.1) is 0 Å². The van der Waals surface area contributed by atoms with Gasteiger partial charge in [-0.05, 0) is 23.3 Å². The fourth-order valence-electron chi connectivity index (χ4n) is 2.66. The Morgan fingerprint density at radius 3 is 1.97 bits per heavy atom. The van der Waals surface area contributed by atoms with E-state index in [1.165, 1.54) is 30.3 Å². The number of nitrogens with one attached hydrogen (secondary N) is 2. The lowest BCUT2D eigenvalue weighted by molar-refractivity contribution is -0.139. The molecule has 1 unspecified atom stereocenters. The van der Waals surface area contributed by atoms with E-state index < -0.39 is 43.2 Å².